The zero-order valence-electron chi connectivity index (χ0n) is 11.6. The highest BCUT2D eigenvalue weighted by molar-refractivity contribution is 5.53. The molecule has 1 aromatic rings. The van der Waals surface area contributed by atoms with Gasteiger partial charge in [0.05, 0.1) is 6.07 Å². The highest BCUT2D eigenvalue weighted by atomic mass is 15.1. The van der Waals surface area contributed by atoms with Crippen LogP contribution in [0.25, 0.3) is 0 Å². The summed E-state index contributed by atoms with van der Waals surface area (Å²) in [5.74, 6) is 0.468. The van der Waals surface area contributed by atoms with E-state index >= 15 is 0 Å². The Balaban J connectivity index is 2.19. The Bertz CT molecular complexity index is 456. The Morgan fingerprint density at radius 2 is 2.11 bits per heavy atom. The minimum Gasteiger partial charge on any atom is -0.371 e. The molecule has 0 amide bonds. The van der Waals surface area contributed by atoms with Crippen molar-refractivity contribution in [1.82, 2.24) is 0 Å². The van der Waals surface area contributed by atoms with Crippen LogP contribution < -0.4 is 4.90 Å². The maximum atomic E-state index is 8.99. The fraction of sp³-hybridized carbons (Fsp3) is 0.562. The second-order valence-corrected chi connectivity index (χ2v) is 6.03. The number of para-hydroxylation sites is 1. The van der Waals surface area contributed by atoms with E-state index in [-0.39, 0.29) is 5.41 Å². The quantitative estimate of drug-likeness (QED) is 0.789. The Morgan fingerprint density at radius 1 is 1.39 bits per heavy atom. The maximum absolute atomic E-state index is 8.99. The lowest BCUT2D eigenvalue weighted by molar-refractivity contribution is 0.174. The zero-order chi connectivity index (χ0) is 13.2. The molecule has 0 spiro atoms. The number of hydrogen-bond donors (Lipinski definition) is 0. The van der Waals surface area contributed by atoms with Gasteiger partial charge in [-0.15, -0.1) is 0 Å². The molecule has 1 saturated heterocycles. The van der Waals surface area contributed by atoms with Crippen molar-refractivity contribution in [2.75, 3.05) is 18.0 Å². The van der Waals surface area contributed by atoms with Crippen molar-refractivity contribution < 1.29 is 0 Å². The van der Waals surface area contributed by atoms with Crippen molar-refractivity contribution in [3.63, 3.8) is 0 Å². The average Bonchev–Trinajstić information content (AvgIpc) is 2.33. The van der Waals surface area contributed by atoms with E-state index < -0.39 is 0 Å². The third-order valence-electron chi connectivity index (χ3n) is 4.37. The lowest BCUT2D eigenvalue weighted by atomic mass is 9.72. The van der Waals surface area contributed by atoms with E-state index in [1.807, 2.05) is 0 Å². The normalized spacial score (nSPS) is 22.6. The van der Waals surface area contributed by atoms with Crippen LogP contribution in [0.5, 0.6) is 0 Å². The minimum atomic E-state index is 0.287. The molecule has 1 fully saturated rings. The summed E-state index contributed by atoms with van der Waals surface area (Å²) in [4.78, 5) is 2.45. The SMILES string of the molecule is Cc1ccccc1N1CCC(C)(C)C(CC#N)C1. The Kier molecular flexibility index (Phi) is 3.61. The highest BCUT2D eigenvalue weighted by Crippen LogP contribution is 2.39. The zero-order valence-corrected chi connectivity index (χ0v) is 11.6. The predicted octanol–water partition coefficient (Wildman–Crippen LogP) is 3.76. The van der Waals surface area contributed by atoms with Gasteiger partial charge in [0.1, 0.15) is 0 Å². The van der Waals surface area contributed by atoms with E-state index in [9.17, 15) is 0 Å². The van der Waals surface area contributed by atoms with Crippen molar-refractivity contribution in [3.8, 4) is 6.07 Å². The van der Waals surface area contributed by atoms with Crippen LogP contribution in [0.3, 0.4) is 0 Å². The summed E-state index contributed by atoms with van der Waals surface area (Å²) in [5, 5.41) is 8.99. The molecule has 1 aliphatic heterocycles. The first-order valence-corrected chi connectivity index (χ1v) is 6.72. The van der Waals surface area contributed by atoms with Crippen molar-refractivity contribution in [2.45, 2.75) is 33.6 Å². The third-order valence-corrected chi connectivity index (χ3v) is 4.37. The second-order valence-electron chi connectivity index (χ2n) is 6.03. The van der Waals surface area contributed by atoms with Gasteiger partial charge in [0.15, 0.2) is 0 Å². The van der Waals surface area contributed by atoms with E-state index in [2.05, 4.69) is 56.0 Å². The fourth-order valence-electron chi connectivity index (χ4n) is 2.82. The van der Waals surface area contributed by atoms with Crippen LogP contribution in [0, 0.1) is 29.6 Å². The first-order valence-electron chi connectivity index (χ1n) is 6.72. The van der Waals surface area contributed by atoms with Crippen LogP contribution in [0.4, 0.5) is 5.69 Å². The Labute approximate surface area is 110 Å². The molecular formula is C16H22N2. The lowest BCUT2D eigenvalue weighted by Crippen LogP contribution is -2.45. The van der Waals surface area contributed by atoms with Gasteiger partial charge < -0.3 is 4.90 Å². The standard InChI is InChI=1S/C16H22N2/c1-13-6-4-5-7-15(13)18-11-9-16(2,3)14(12-18)8-10-17/h4-7,14H,8-9,11-12H2,1-3H3. The summed E-state index contributed by atoms with van der Waals surface area (Å²) in [6.07, 6.45) is 1.82. The molecule has 0 bridgehead atoms. The van der Waals surface area contributed by atoms with E-state index in [1.54, 1.807) is 0 Å². The van der Waals surface area contributed by atoms with Gasteiger partial charge in [-0.1, -0.05) is 32.0 Å². The van der Waals surface area contributed by atoms with Gasteiger partial charge in [-0.25, -0.2) is 0 Å². The predicted molar refractivity (Wildman–Crippen MR) is 75.5 cm³/mol. The van der Waals surface area contributed by atoms with E-state index in [1.165, 1.54) is 11.3 Å². The van der Waals surface area contributed by atoms with E-state index in [0.717, 1.165) is 19.5 Å². The van der Waals surface area contributed by atoms with Crippen LogP contribution in [0.2, 0.25) is 0 Å². The summed E-state index contributed by atoms with van der Waals surface area (Å²) in [7, 11) is 0. The molecular weight excluding hydrogens is 220 g/mol. The summed E-state index contributed by atoms with van der Waals surface area (Å²) in [6, 6.07) is 10.9. The largest absolute Gasteiger partial charge is 0.371 e. The van der Waals surface area contributed by atoms with Crippen molar-refractivity contribution in [1.29, 1.82) is 5.26 Å². The van der Waals surface area contributed by atoms with Gasteiger partial charge in [0, 0.05) is 25.2 Å². The molecule has 0 aliphatic carbocycles. The van der Waals surface area contributed by atoms with Crippen molar-refractivity contribution in [3.05, 3.63) is 29.8 Å². The number of rotatable bonds is 2. The smallest absolute Gasteiger partial charge is 0.0625 e. The first kappa shape index (κ1) is 13.0. The van der Waals surface area contributed by atoms with Crippen LogP contribution in [0.15, 0.2) is 24.3 Å². The summed E-state index contributed by atoms with van der Waals surface area (Å²) in [6.45, 7) is 8.86. The number of benzene rings is 1. The van der Waals surface area contributed by atoms with Gasteiger partial charge in [0.2, 0.25) is 0 Å². The molecule has 1 aliphatic rings. The summed E-state index contributed by atoms with van der Waals surface area (Å²) in [5.41, 5.74) is 2.94. The van der Waals surface area contributed by atoms with Crippen molar-refractivity contribution >= 4 is 5.69 Å². The van der Waals surface area contributed by atoms with Crippen LogP contribution in [-0.4, -0.2) is 13.1 Å². The van der Waals surface area contributed by atoms with Gasteiger partial charge in [-0.3, -0.25) is 0 Å². The number of aryl methyl sites for hydroxylation is 1. The molecule has 18 heavy (non-hydrogen) atoms. The van der Waals surface area contributed by atoms with Crippen LogP contribution >= 0.6 is 0 Å². The number of nitrogens with zero attached hydrogens (tertiary/aromatic N) is 2. The van der Waals surface area contributed by atoms with Crippen LogP contribution in [0.1, 0.15) is 32.3 Å². The minimum absolute atomic E-state index is 0.287. The molecule has 0 N–H and O–H groups in total. The highest BCUT2D eigenvalue weighted by Gasteiger charge is 2.35. The molecule has 0 aromatic heterocycles. The molecule has 2 rings (SSSR count). The van der Waals surface area contributed by atoms with E-state index in [4.69, 9.17) is 5.26 Å². The molecule has 0 radical (unpaired) electrons. The molecule has 1 atom stereocenters. The summed E-state index contributed by atoms with van der Waals surface area (Å²) >= 11 is 0. The van der Waals surface area contributed by atoms with Crippen molar-refractivity contribution in [2.24, 2.45) is 11.3 Å². The van der Waals surface area contributed by atoms with Gasteiger partial charge >= 0.3 is 0 Å². The maximum Gasteiger partial charge on any atom is 0.0625 e. The first-order chi connectivity index (χ1) is 8.54. The number of anilines is 1. The number of nitriles is 1. The second kappa shape index (κ2) is 5.02. The van der Waals surface area contributed by atoms with Gasteiger partial charge in [-0.05, 0) is 36.3 Å². The summed E-state index contributed by atoms with van der Waals surface area (Å²) < 4.78 is 0. The molecule has 2 heteroatoms. The average molecular weight is 242 g/mol. The number of hydrogen-bond acceptors (Lipinski definition) is 2. The number of piperidine rings is 1. The molecule has 0 saturated carbocycles. The molecule has 2 nitrogen and oxygen atoms in total. The Hall–Kier alpha value is -1.49. The van der Waals surface area contributed by atoms with E-state index in [0.29, 0.717) is 12.3 Å². The Morgan fingerprint density at radius 3 is 2.78 bits per heavy atom. The monoisotopic (exact) mass is 242 g/mol. The lowest BCUT2D eigenvalue weighted by Gasteiger charge is -2.44. The van der Waals surface area contributed by atoms with Gasteiger partial charge in [0.25, 0.3) is 0 Å². The molecule has 1 unspecified atom stereocenters. The van der Waals surface area contributed by atoms with Gasteiger partial charge in [-0.2, -0.15) is 5.26 Å². The van der Waals surface area contributed by atoms with Crippen LogP contribution in [-0.2, 0) is 0 Å². The topological polar surface area (TPSA) is 27.0 Å². The molecule has 1 aromatic carbocycles. The fourth-order valence-corrected chi connectivity index (χ4v) is 2.82. The molecule has 1 heterocycles. The molecule has 96 valence electrons. The third kappa shape index (κ3) is 2.51.